The lowest BCUT2D eigenvalue weighted by Crippen LogP contribution is -2.53. The van der Waals surface area contributed by atoms with E-state index in [9.17, 15) is 14.4 Å². The Labute approximate surface area is 213 Å². The van der Waals surface area contributed by atoms with Crippen molar-refractivity contribution in [1.82, 2.24) is 10.6 Å². The maximum absolute atomic E-state index is 12.5. The zero-order chi connectivity index (χ0) is 23.7. The van der Waals surface area contributed by atoms with Crippen LogP contribution in [0, 0.1) is 3.57 Å². The van der Waals surface area contributed by atoms with E-state index in [2.05, 4.69) is 33.2 Å². The van der Waals surface area contributed by atoms with Gasteiger partial charge in [-0.3, -0.25) is 9.59 Å². The number of nitrogens with one attached hydrogen (secondary N) is 2. The van der Waals surface area contributed by atoms with E-state index in [1.165, 1.54) is 21.0 Å². The molecule has 4 N–H and O–H groups in total. The number of carbonyl (C=O) groups is 3. The fourth-order valence-electron chi connectivity index (χ4n) is 2.80. The molecule has 0 aliphatic heterocycles. The van der Waals surface area contributed by atoms with Gasteiger partial charge in [-0.15, -0.1) is 12.4 Å². The summed E-state index contributed by atoms with van der Waals surface area (Å²) in [4.78, 5) is 36.4. The molecule has 0 bridgehead atoms. The van der Waals surface area contributed by atoms with Gasteiger partial charge >= 0.3 is 5.97 Å². The van der Waals surface area contributed by atoms with Crippen LogP contribution in [0.1, 0.15) is 25.0 Å². The Balaban J connectivity index is 0.00000544. The maximum Gasteiger partial charge on any atom is 0.328 e. The van der Waals surface area contributed by atoms with Gasteiger partial charge in [0.25, 0.3) is 0 Å². The van der Waals surface area contributed by atoms with Crippen molar-refractivity contribution in [2.75, 3.05) is 7.11 Å². The Kier molecular flexibility index (Phi) is 12.2. The number of hydrogen-bond acceptors (Lipinski definition) is 6. The summed E-state index contributed by atoms with van der Waals surface area (Å²) in [5.74, 6) is -0.817. The molecule has 2 rings (SSSR count). The van der Waals surface area contributed by atoms with Crippen LogP contribution in [-0.4, -0.2) is 43.0 Å². The largest absolute Gasteiger partial charge is 0.488 e. The van der Waals surface area contributed by atoms with Crippen molar-refractivity contribution < 1.29 is 23.9 Å². The molecular formula is C23H29ClIN3O5. The summed E-state index contributed by atoms with van der Waals surface area (Å²) in [6.07, 6.45) is 0.224. The van der Waals surface area contributed by atoms with E-state index in [0.29, 0.717) is 6.61 Å². The van der Waals surface area contributed by atoms with Gasteiger partial charge in [-0.1, -0.05) is 36.4 Å². The first-order chi connectivity index (χ1) is 15.2. The number of rotatable bonds is 10. The third-order valence-electron chi connectivity index (χ3n) is 4.64. The molecule has 0 unspecified atom stereocenters. The number of carbonyl (C=O) groups excluding carboxylic acids is 3. The molecule has 0 aliphatic rings. The van der Waals surface area contributed by atoms with Crippen LogP contribution in [0.15, 0.2) is 48.5 Å². The molecule has 2 aromatic rings. The van der Waals surface area contributed by atoms with Gasteiger partial charge in [-0.05, 0) is 59.7 Å². The summed E-state index contributed by atoms with van der Waals surface area (Å²) >= 11 is 2.17. The molecule has 8 nitrogen and oxygen atoms in total. The zero-order valence-electron chi connectivity index (χ0n) is 18.7. The summed E-state index contributed by atoms with van der Waals surface area (Å²) in [5, 5.41) is 5.14. The smallest absolute Gasteiger partial charge is 0.328 e. The molecule has 0 fully saturated rings. The van der Waals surface area contributed by atoms with Crippen LogP contribution in [0.25, 0.3) is 0 Å². The van der Waals surface area contributed by atoms with Gasteiger partial charge in [-0.2, -0.15) is 0 Å². The molecule has 2 aromatic carbocycles. The van der Waals surface area contributed by atoms with Crippen LogP contribution in [0.3, 0.4) is 0 Å². The molecular weight excluding hydrogens is 561 g/mol. The summed E-state index contributed by atoms with van der Waals surface area (Å²) < 4.78 is 11.6. The van der Waals surface area contributed by atoms with Gasteiger partial charge in [0.05, 0.1) is 16.7 Å². The molecule has 0 aliphatic carbocycles. The van der Waals surface area contributed by atoms with Gasteiger partial charge in [0, 0.05) is 6.42 Å². The van der Waals surface area contributed by atoms with Crippen LogP contribution >= 0.6 is 35.0 Å². The van der Waals surface area contributed by atoms with Crippen molar-refractivity contribution in [3.8, 4) is 5.75 Å². The van der Waals surface area contributed by atoms with Crippen LogP contribution < -0.4 is 21.1 Å². The molecule has 10 heteroatoms. The van der Waals surface area contributed by atoms with Crippen LogP contribution in [0.2, 0.25) is 0 Å². The molecule has 0 saturated heterocycles. The topological polar surface area (TPSA) is 120 Å². The lowest BCUT2D eigenvalue weighted by molar-refractivity contribution is -0.145. The molecule has 0 radical (unpaired) electrons. The van der Waals surface area contributed by atoms with Crippen LogP contribution in [-0.2, 0) is 32.1 Å². The second-order valence-corrected chi connectivity index (χ2v) is 8.51. The highest BCUT2D eigenvalue weighted by atomic mass is 127. The van der Waals surface area contributed by atoms with E-state index < -0.39 is 35.9 Å². The van der Waals surface area contributed by atoms with E-state index in [4.69, 9.17) is 15.2 Å². The maximum atomic E-state index is 12.5. The van der Waals surface area contributed by atoms with Gasteiger partial charge in [-0.25, -0.2) is 4.79 Å². The molecule has 0 aromatic heterocycles. The summed E-state index contributed by atoms with van der Waals surface area (Å²) in [5.41, 5.74) is 7.39. The third kappa shape index (κ3) is 9.18. The van der Waals surface area contributed by atoms with Gasteiger partial charge in [0.2, 0.25) is 11.8 Å². The lowest BCUT2D eigenvalue weighted by Gasteiger charge is -2.21. The van der Waals surface area contributed by atoms with Gasteiger partial charge in [0.1, 0.15) is 24.4 Å². The summed E-state index contributed by atoms with van der Waals surface area (Å²) in [7, 11) is 1.26. The first kappa shape index (κ1) is 28.7. The van der Waals surface area contributed by atoms with Crippen molar-refractivity contribution in [2.45, 2.75) is 45.0 Å². The highest BCUT2D eigenvalue weighted by Crippen LogP contribution is 2.24. The number of amides is 2. The standard InChI is InChI=1S/C23H28IN3O5.ClH/c1-14(25)21(28)26-15(2)22(29)27-19(23(30)31-3)12-17-9-10-20(18(24)11-17)32-13-16-7-5-4-6-8-16;/h4-11,14-15,19H,12-13,25H2,1-3H3,(H,26,28)(H,27,29);1H/t14-,15-,19-;/m0./s1. The Morgan fingerprint density at radius 1 is 1.00 bits per heavy atom. The predicted molar refractivity (Wildman–Crippen MR) is 136 cm³/mol. The Hall–Kier alpha value is -2.37. The van der Waals surface area contributed by atoms with E-state index >= 15 is 0 Å². The number of benzene rings is 2. The first-order valence-electron chi connectivity index (χ1n) is 10.1. The number of nitrogens with two attached hydrogens (primary N) is 1. The van der Waals surface area contributed by atoms with Crippen LogP contribution in [0.5, 0.6) is 5.75 Å². The van der Waals surface area contributed by atoms with Crippen molar-refractivity contribution in [3.63, 3.8) is 0 Å². The van der Waals surface area contributed by atoms with E-state index in [1.807, 2.05) is 48.5 Å². The number of hydrogen-bond donors (Lipinski definition) is 3. The fourth-order valence-corrected chi connectivity index (χ4v) is 3.54. The molecule has 0 spiro atoms. The number of halogens is 2. The number of ether oxygens (including phenoxy) is 2. The van der Waals surface area contributed by atoms with Crippen molar-refractivity contribution >= 4 is 52.8 Å². The predicted octanol–water partition coefficient (Wildman–Crippen LogP) is 2.34. The SMILES string of the molecule is COC(=O)[C@H](Cc1ccc(OCc2ccccc2)c(I)c1)NC(=O)[C@H](C)NC(=O)[C@H](C)N.Cl. The molecule has 180 valence electrons. The Bertz CT molecular complexity index is 943. The highest BCUT2D eigenvalue weighted by molar-refractivity contribution is 14.1. The van der Waals surface area contributed by atoms with Crippen LogP contribution in [0.4, 0.5) is 0 Å². The molecule has 0 heterocycles. The Morgan fingerprint density at radius 2 is 1.67 bits per heavy atom. The second kappa shape index (κ2) is 14.0. The first-order valence-corrected chi connectivity index (χ1v) is 11.2. The van der Waals surface area contributed by atoms with Crippen molar-refractivity contribution in [3.05, 3.63) is 63.2 Å². The molecule has 3 atom stereocenters. The minimum Gasteiger partial charge on any atom is -0.488 e. The molecule has 33 heavy (non-hydrogen) atoms. The zero-order valence-corrected chi connectivity index (χ0v) is 21.6. The third-order valence-corrected chi connectivity index (χ3v) is 5.48. The second-order valence-electron chi connectivity index (χ2n) is 7.35. The minimum absolute atomic E-state index is 0. The van der Waals surface area contributed by atoms with E-state index in [1.54, 1.807) is 0 Å². The average Bonchev–Trinajstić information content (AvgIpc) is 2.77. The highest BCUT2D eigenvalue weighted by Gasteiger charge is 2.26. The number of esters is 1. The van der Waals surface area contributed by atoms with Gasteiger partial charge < -0.3 is 25.8 Å². The normalized spacial score (nSPS) is 13.0. The minimum atomic E-state index is -0.908. The quantitative estimate of drug-likeness (QED) is 0.289. The number of methoxy groups -OCH3 is 1. The summed E-state index contributed by atoms with van der Waals surface area (Å²) in [6, 6.07) is 12.9. The van der Waals surface area contributed by atoms with Gasteiger partial charge in [0.15, 0.2) is 0 Å². The Morgan fingerprint density at radius 3 is 2.24 bits per heavy atom. The fraction of sp³-hybridized carbons (Fsp3) is 0.348. The lowest BCUT2D eigenvalue weighted by atomic mass is 10.1. The van der Waals surface area contributed by atoms with Crippen molar-refractivity contribution in [1.29, 1.82) is 0 Å². The monoisotopic (exact) mass is 589 g/mol. The molecule has 0 saturated carbocycles. The van der Waals surface area contributed by atoms with Crippen molar-refractivity contribution in [2.24, 2.45) is 5.73 Å². The summed E-state index contributed by atoms with van der Waals surface area (Å²) in [6.45, 7) is 3.49. The van der Waals surface area contributed by atoms with E-state index in [-0.39, 0.29) is 18.8 Å². The molecule has 2 amide bonds. The van der Waals surface area contributed by atoms with E-state index in [0.717, 1.165) is 20.4 Å². The average molecular weight is 590 g/mol.